The molecular formula is C26H21F3N2O4. The standard InChI is InChI=1S/C26H21F3N2O4/c27-26(28,29)20-11-7-17(8-12-20)13-14-30-24(34)21-3-1-2-4-22(21)31(25(30)35)15-18-5-9-19(10-6-18)23(33)16-32/h1-12,32H,13-16H2. The summed E-state index contributed by atoms with van der Waals surface area (Å²) >= 11 is 0. The third-order valence-corrected chi connectivity index (χ3v) is 5.80. The predicted octanol–water partition coefficient (Wildman–Crippen LogP) is 3.65. The number of aryl methyl sites for hydroxylation is 1. The van der Waals surface area contributed by atoms with E-state index in [1.165, 1.54) is 16.7 Å². The molecule has 0 saturated carbocycles. The predicted molar refractivity (Wildman–Crippen MR) is 125 cm³/mol. The number of benzene rings is 3. The minimum atomic E-state index is -4.44. The number of hydrogen-bond acceptors (Lipinski definition) is 4. The van der Waals surface area contributed by atoms with Gasteiger partial charge in [-0.1, -0.05) is 48.5 Å². The number of ketones is 1. The van der Waals surface area contributed by atoms with E-state index >= 15 is 0 Å². The molecule has 3 aromatic carbocycles. The molecule has 0 aliphatic carbocycles. The Bertz CT molecular complexity index is 1490. The Hall–Kier alpha value is -3.98. The number of aliphatic hydroxyl groups is 1. The van der Waals surface area contributed by atoms with Gasteiger partial charge in [0.2, 0.25) is 0 Å². The number of carbonyl (C=O) groups excluding carboxylic acids is 1. The van der Waals surface area contributed by atoms with Gasteiger partial charge in [-0.25, -0.2) is 4.79 Å². The molecule has 0 spiro atoms. The van der Waals surface area contributed by atoms with Gasteiger partial charge < -0.3 is 5.11 Å². The van der Waals surface area contributed by atoms with Crippen molar-refractivity contribution in [3.63, 3.8) is 0 Å². The minimum Gasteiger partial charge on any atom is -0.388 e. The van der Waals surface area contributed by atoms with Gasteiger partial charge in [0.15, 0.2) is 5.78 Å². The summed E-state index contributed by atoms with van der Waals surface area (Å²) in [6, 6.07) is 17.8. The molecule has 0 aliphatic heterocycles. The zero-order valence-electron chi connectivity index (χ0n) is 18.5. The molecule has 6 nitrogen and oxygen atoms in total. The van der Waals surface area contributed by atoms with Crippen molar-refractivity contribution in [1.82, 2.24) is 9.13 Å². The van der Waals surface area contributed by atoms with E-state index in [-0.39, 0.29) is 19.5 Å². The van der Waals surface area contributed by atoms with Gasteiger partial charge in [0, 0.05) is 12.1 Å². The van der Waals surface area contributed by atoms with Crippen LogP contribution in [0.25, 0.3) is 10.9 Å². The quantitative estimate of drug-likeness (QED) is 0.408. The van der Waals surface area contributed by atoms with Crippen LogP contribution in [0.3, 0.4) is 0 Å². The van der Waals surface area contributed by atoms with Crippen molar-refractivity contribution in [2.45, 2.75) is 25.7 Å². The highest BCUT2D eigenvalue weighted by Gasteiger charge is 2.29. The van der Waals surface area contributed by atoms with Crippen molar-refractivity contribution < 1.29 is 23.1 Å². The van der Waals surface area contributed by atoms with E-state index < -0.39 is 35.4 Å². The van der Waals surface area contributed by atoms with Crippen molar-refractivity contribution in [1.29, 1.82) is 0 Å². The number of Topliss-reactive ketones (excluding diaryl/α,β-unsaturated/α-hetero) is 1. The van der Waals surface area contributed by atoms with Gasteiger partial charge >= 0.3 is 11.9 Å². The van der Waals surface area contributed by atoms with Crippen LogP contribution in [-0.4, -0.2) is 26.6 Å². The van der Waals surface area contributed by atoms with E-state index in [9.17, 15) is 27.6 Å². The third kappa shape index (κ3) is 5.09. The Morgan fingerprint density at radius 2 is 1.46 bits per heavy atom. The Labute approximate surface area is 197 Å². The average molecular weight is 482 g/mol. The number of fused-ring (bicyclic) bond motifs is 1. The molecule has 0 saturated heterocycles. The van der Waals surface area contributed by atoms with Gasteiger partial charge in [-0.05, 0) is 41.8 Å². The molecule has 1 N–H and O–H groups in total. The number of nitrogens with zero attached hydrogens (tertiary/aromatic N) is 2. The largest absolute Gasteiger partial charge is 0.416 e. The van der Waals surface area contributed by atoms with Gasteiger partial charge in [0.1, 0.15) is 6.61 Å². The lowest BCUT2D eigenvalue weighted by Gasteiger charge is -2.15. The number of rotatable bonds is 7. The number of alkyl halides is 3. The second-order valence-electron chi connectivity index (χ2n) is 8.07. The molecule has 0 radical (unpaired) electrons. The van der Waals surface area contributed by atoms with E-state index in [0.29, 0.717) is 27.6 Å². The molecule has 0 fully saturated rings. The number of hydrogen-bond donors (Lipinski definition) is 1. The van der Waals surface area contributed by atoms with Crippen LogP contribution in [0.5, 0.6) is 0 Å². The van der Waals surface area contributed by atoms with Crippen molar-refractivity contribution in [3.8, 4) is 0 Å². The maximum absolute atomic E-state index is 13.3. The fourth-order valence-corrected chi connectivity index (χ4v) is 3.89. The molecule has 180 valence electrons. The summed E-state index contributed by atoms with van der Waals surface area (Å²) in [4.78, 5) is 38.0. The second-order valence-corrected chi connectivity index (χ2v) is 8.07. The summed E-state index contributed by atoms with van der Waals surface area (Å²) in [6.45, 7) is -0.474. The summed E-state index contributed by atoms with van der Waals surface area (Å²) in [5.41, 5.74) is 0.276. The monoisotopic (exact) mass is 482 g/mol. The second kappa shape index (κ2) is 9.71. The molecule has 1 heterocycles. The summed E-state index contributed by atoms with van der Waals surface area (Å²) in [5.74, 6) is -0.420. The molecule has 1 aromatic heterocycles. The molecule has 9 heteroatoms. The first-order chi connectivity index (χ1) is 16.7. The van der Waals surface area contributed by atoms with Crippen molar-refractivity contribution in [2.24, 2.45) is 0 Å². The summed E-state index contributed by atoms with van der Waals surface area (Å²) in [5, 5.41) is 9.35. The Balaban J connectivity index is 1.68. The maximum Gasteiger partial charge on any atom is 0.416 e. The molecule has 4 aromatic rings. The van der Waals surface area contributed by atoms with Crippen LogP contribution in [0.2, 0.25) is 0 Å². The fraction of sp³-hybridized carbons (Fsp3) is 0.192. The van der Waals surface area contributed by atoms with Gasteiger partial charge in [-0.3, -0.25) is 18.7 Å². The van der Waals surface area contributed by atoms with Crippen molar-refractivity contribution in [2.75, 3.05) is 6.61 Å². The van der Waals surface area contributed by atoms with Crippen molar-refractivity contribution in [3.05, 3.63) is 116 Å². The van der Waals surface area contributed by atoms with Crippen LogP contribution in [0.4, 0.5) is 13.2 Å². The van der Waals surface area contributed by atoms with E-state index in [2.05, 4.69) is 0 Å². The van der Waals surface area contributed by atoms with E-state index in [4.69, 9.17) is 5.11 Å². The molecule has 0 aliphatic rings. The SMILES string of the molecule is O=C(CO)c1ccc(Cn2c(=O)n(CCc3ccc(C(F)(F)F)cc3)c(=O)c3ccccc32)cc1. The molecule has 4 rings (SSSR count). The Morgan fingerprint density at radius 3 is 2.09 bits per heavy atom. The smallest absolute Gasteiger partial charge is 0.388 e. The number of aromatic nitrogens is 2. The normalized spacial score (nSPS) is 11.7. The molecule has 35 heavy (non-hydrogen) atoms. The Kier molecular flexibility index (Phi) is 6.70. The van der Waals surface area contributed by atoms with Gasteiger partial charge in [-0.15, -0.1) is 0 Å². The summed E-state index contributed by atoms with van der Waals surface area (Å²) in [6.07, 6.45) is -4.24. The lowest BCUT2D eigenvalue weighted by atomic mass is 10.1. The maximum atomic E-state index is 13.3. The first kappa shape index (κ1) is 24.2. The van der Waals surface area contributed by atoms with Gasteiger partial charge in [-0.2, -0.15) is 13.2 Å². The van der Waals surface area contributed by atoms with Gasteiger partial charge in [0.05, 0.1) is 23.0 Å². The summed E-state index contributed by atoms with van der Waals surface area (Å²) < 4.78 is 41.0. The topological polar surface area (TPSA) is 81.3 Å². The van der Waals surface area contributed by atoms with Crippen LogP contribution in [-0.2, 0) is 25.7 Å². The average Bonchev–Trinajstić information content (AvgIpc) is 2.86. The first-order valence-corrected chi connectivity index (χ1v) is 10.8. The molecule has 0 bridgehead atoms. The number of halogens is 3. The molecular weight excluding hydrogens is 461 g/mol. The minimum absolute atomic E-state index is 0.00218. The molecule has 0 unspecified atom stereocenters. The molecule has 0 amide bonds. The third-order valence-electron chi connectivity index (χ3n) is 5.80. The lowest BCUT2D eigenvalue weighted by Crippen LogP contribution is -2.40. The van der Waals surface area contributed by atoms with Crippen LogP contribution in [0.15, 0.2) is 82.4 Å². The Morgan fingerprint density at radius 1 is 0.829 bits per heavy atom. The number of carbonyl (C=O) groups is 1. The fourth-order valence-electron chi connectivity index (χ4n) is 3.89. The highest BCUT2D eigenvalue weighted by atomic mass is 19.4. The van der Waals surface area contributed by atoms with Gasteiger partial charge in [0.25, 0.3) is 5.56 Å². The molecule has 0 atom stereocenters. The van der Waals surface area contributed by atoms with E-state index in [1.807, 2.05) is 0 Å². The highest BCUT2D eigenvalue weighted by Crippen LogP contribution is 2.29. The highest BCUT2D eigenvalue weighted by molar-refractivity contribution is 5.96. The van der Waals surface area contributed by atoms with Crippen LogP contribution >= 0.6 is 0 Å². The summed E-state index contributed by atoms with van der Waals surface area (Å²) in [7, 11) is 0. The zero-order chi connectivity index (χ0) is 25.2. The lowest BCUT2D eigenvalue weighted by molar-refractivity contribution is -0.137. The van der Waals surface area contributed by atoms with Crippen LogP contribution in [0, 0.1) is 0 Å². The van der Waals surface area contributed by atoms with E-state index in [1.54, 1.807) is 48.5 Å². The van der Waals surface area contributed by atoms with Crippen LogP contribution in [0.1, 0.15) is 27.0 Å². The van der Waals surface area contributed by atoms with E-state index in [0.717, 1.165) is 16.7 Å². The number of para-hydroxylation sites is 1. The van der Waals surface area contributed by atoms with Crippen LogP contribution < -0.4 is 11.2 Å². The van der Waals surface area contributed by atoms with Crippen molar-refractivity contribution >= 4 is 16.7 Å². The number of aliphatic hydroxyl groups excluding tert-OH is 1. The first-order valence-electron chi connectivity index (χ1n) is 10.8. The zero-order valence-corrected chi connectivity index (χ0v) is 18.5.